The van der Waals surface area contributed by atoms with Crippen LogP contribution in [-0.2, 0) is 4.79 Å². The first kappa shape index (κ1) is 30.1. The number of amides is 2. The topological polar surface area (TPSA) is 168 Å². The maximum Gasteiger partial charge on any atom is 0.255 e. The van der Waals surface area contributed by atoms with Gasteiger partial charge in [-0.1, -0.05) is 18.2 Å². The molecule has 0 aliphatic heterocycles. The van der Waals surface area contributed by atoms with Gasteiger partial charge >= 0.3 is 0 Å². The first-order chi connectivity index (χ1) is 20.5. The molecule has 1 aromatic carbocycles. The number of benzene rings is 1. The second kappa shape index (κ2) is 12.5. The molecule has 228 valence electrons. The molecule has 2 heterocycles. The minimum absolute atomic E-state index is 0.0909. The third-order valence-corrected chi connectivity index (χ3v) is 7.62. The molecule has 0 spiro atoms. The van der Waals surface area contributed by atoms with E-state index in [1.54, 1.807) is 36.9 Å². The molecule has 2 aromatic heterocycles. The molecule has 11 heteroatoms. The molecular formula is C32H40N6O5. The minimum Gasteiger partial charge on any atom is -0.489 e. The summed E-state index contributed by atoms with van der Waals surface area (Å²) in [6.45, 7) is 5.47. The van der Waals surface area contributed by atoms with Gasteiger partial charge in [-0.2, -0.15) is 0 Å². The van der Waals surface area contributed by atoms with Crippen molar-refractivity contribution in [3.8, 4) is 17.3 Å². The van der Waals surface area contributed by atoms with E-state index in [2.05, 4.69) is 10.4 Å². The summed E-state index contributed by atoms with van der Waals surface area (Å²) < 4.78 is 13.5. The Morgan fingerprint density at radius 2 is 1.91 bits per heavy atom. The Labute approximate surface area is 251 Å². The average molecular weight is 589 g/mol. The number of ether oxygens (including phenoxy) is 2. The summed E-state index contributed by atoms with van der Waals surface area (Å²) in [5.41, 5.74) is 13.1. The van der Waals surface area contributed by atoms with E-state index in [1.807, 2.05) is 37.3 Å². The lowest BCUT2D eigenvalue weighted by Gasteiger charge is -2.36. The van der Waals surface area contributed by atoms with Gasteiger partial charge in [-0.15, -0.1) is 5.10 Å². The number of para-hydroxylation sites is 1. The summed E-state index contributed by atoms with van der Waals surface area (Å²) in [4.78, 5) is 29.9. The zero-order chi connectivity index (χ0) is 30.7. The highest BCUT2D eigenvalue weighted by Crippen LogP contribution is 2.44. The first-order valence-corrected chi connectivity index (χ1v) is 14.7. The molecule has 5 rings (SSSR count). The molecule has 6 N–H and O–H groups in total. The molecule has 2 aliphatic carbocycles. The van der Waals surface area contributed by atoms with Crippen molar-refractivity contribution in [1.82, 2.24) is 20.1 Å². The molecule has 2 fully saturated rings. The maximum atomic E-state index is 13.2. The van der Waals surface area contributed by atoms with Crippen molar-refractivity contribution in [1.29, 1.82) is 0 Å². The van der Waals surface area contributed by atoms with Crippen molar-refractivity contribution in [2.45, 2.75) is 76.5 Å². The predicted molar refractivity (Wildman–Crippen MR) is 162 cm³/mol. The molecular weight excluding hydrogens is 548 g/mol. The van der Waals surface area contributed by atoms with Gasteiger partial charge in [0.05, 0.1) is 28.2 Å². The zero-order valence-electron chi connectivity index (χ0n) is 24.8. The van der Waals surface area contributed by atoms with Crippen LogP contribution in [-0.4, -0.2) is 56.0 Å². The maximum absolute atomic E-state index is 13.2. The lowest BCUT2D eigenvalue weighted by atomic mass is 9.78. The summed E-state index contributed by atoms with van der Waals surface area (Å²) in [6, 6.07) is 12.9. The normalized spacial score (nSPS) is 19.3. The third-order valence-electron chi connectivity index (χ3n) is 7.62. The Bertz CT molecular complexity index is 1490. The van der Waals surface area contributed by atoms with E-state index in [0.717, 1.165) is 43.5 Å². The van der Waals surface area contributed by atoms with Crippen molar-refractivity contribution in [2.75, 3.05) is 6.61 Å². The van der Waals surface area contributed by atoms with Crippen molar-refractivity contribution in [2.24, 2.45) is 17.4 Å². The molecule has 3 aromatic rings. The van der Waals surface area contributed by atoms with Crippen molar-refractivity contribution < 1.29 is 24.2 Å². The Hall–Kier alpha value is -4.38. The largest absolute Gasteiger partial charge is 0.489 e. The van der Waals surface area contributed by atoms with Crippen molar-refractivity contribution in [3.05, 3.63) is 71.8 Å². The lowest BCUT2D eigenvalue weighted by molar-refractivity contribution is -0.116. The number of rotatable bonds is 13. The Balaban J connectivity index is 1.14. The standard InChI is InChI=1S/C32H40N6O5/c1-19(13-20-14-23(15-20)43-31-25(29(34)39)17-38(37-31)22-7-5-4-6-8-22)35-30(40)24(16-33)26-11-12-27(42-18-32(2,3)41)28(36-26)21-9-10-21/h4-8,11-12,16-17,19-21,23,41H,9-10,13-15,18,33H2,1-3H3,(H2,34,39)(H,35,40)/t19-,20?,23?/m0/s1. The number of hydrogen-bond acceptors (Lipinski definition) is 8. The van der Waals surface area contributed by atoms with E-state index in [1.165, 1.54) is 6.20 Å². The molecule has 11 nitrogen and oxygen atoms in total. The second-order valence-corrected chi connectivity index (χ2v) is 12.2. The van der Waals surface area contributed by atoms with E-state index in [-0.39, 0.29) is 42.0 Å². The summed E-state index contributed by atoms with van der Waals surface area (Å²) in [5.74, 6) is 0.578. The molecule has 0 bridgehead atoms. The van der Waals surface area contributed by atoms with Gasteiger partial charge in [-0.25, -0.2) is 9.67 Å². The summed E-state index contributed by atoms with van der Waals surface area (Å²) in [5, 5.41) is 17.5. The highest BCUT2D eigenvalue weighted by molar-refractivity contribution is 6.18. The van der Waals surface area contributed by atoms with Gasteiger partial charge < -0.3 is 31.4 Å². The number of nitrogens with zero attached hydrogens (tertiary/aromatic N) is 3. The highest BCUT2D eigenvalue weighted by Gasteiger charge is 2.34. The molecule has 0 saturated heterocycles. The molecule has 2 amide bonds. The third kappa shape index (κ3) is 7.53. The van der Waals surface area contributed by atoms with Crippen molar-refractivity contribution >= 4 is 17.4 Å². The zero-order valence-corrected chi connectivity index (χ0v) is 24.8. The first-order valence-electron chi connectivity index (χ1n) is 14.7. The van der Waals surface area contributed by atoms with Crippen LogP contribution in [0.5, 0.6) is 11.6 Å². The van der Waals surface area contributed by atoms with Crippen LogP contribution >= 0.6 is 0 Å². The molecule has 43 heavy (non-hydrogen) atoms. The fourth-order valence-corrected chi connectivity index (χ4v) is 5.22. The Morgan fingerprint density at radius 1 is 1.19 bits per heavy atom. The second-order valence-electron chi connectivity index (χ2n) is 12.2. The summed E-state index contributed by atoms with van der Waals surface area (Å²) >= 11 is 0. The quantitative estimate of drug-likeness (QED) is 0.220. The van der Waals surface area contributed by atoms with Crippen LogP contribution in [0.2, 0.25) is 0 Å². The van der Waals surface area contributed by atoms with Gasteiger partial charge in [0.15, 0.2) is 0 Å². The summed E-state index contributed by atoms with van der Waals surface area (Å²) in [6.07, 6.45) is 7.10. The fraction of sp³-hybridized carbons (Fsp3) is 0.438. The minimum atomic E-state index is -0.970. The predicted octanol–water partition coefficient (Wildman–Crippen LogP) is 3.45. The van der Waals surface area contributed by atoms with Gasteiger partial charge in [0.25, 0.3) is 11.8 Å². The molecule has 2 aliphatic rings. The SMILES string of the molecule is C[C@@H](CC1CC(Oc2nn(-c3ccccc3)cc2C(N)=O)C1)NC(=O)C(=CN)c1ccc(OCC(C)(C)O)c(C2CC2)n1. The van der Waals surface area contributed by atoms with Crippen LogP contribution in [0.4, 0.5) is 0 Å². The smallest absolute Gasteiger partial charge is 0.255 e. The van der Waals surface area contributed by atoms with Crippen molar-refractivity contribution in [3.63, 3.8) is 0 Å². The van der Waals surface area contributed by atoms with Gasteiger partial charge in [0.2, 0.25) is 5.88 Å². The van der Waals surface area contributed by atoms with Crippen LogP contribution in [0, 0.1) is 5.92 Å². The van der Waals surface area contributed by atoms with Crippen LogP contribution in [0.1, 0.15) is 80.5 Å². The van der Waals surface area contributed by atoms with Gasteiger partial charge in [0.1, 0.15) is 24.0 Å². The Kier molecular flexibility index (Phi) is 8.72. The molecule has 0 radical (unpaired) electrons. The van der Waals surface area contributed by atoms with Gasteiger partial charge in [0, 0.05) is 24.4 Å². The number of pyridine rings is 1. The number of primary amides is 1. The number of nitrogens with one attached hydrogen (secondary N) is 1. The average Bonchev–Trinajstić information content (AvgIpc) is 3.70. The van der Waals surface area contributed by atoms with E-state index in [9.17, 15) is 14.7 Å². The molecule has 2 saturated carbocycles. The van der Waals surface area contributed by atoms with Crippen LogP contribution in [0.25, 0.3) is 11.3 Å². The van der Waals surface area contributed by atoms with E-state index >= 15 is 0 Å². The number of carbonyl (C=O) groups is 2. The number of aromatic nitrogens is 3. The number of carbonyl (C=O) groups excluding carboxylic acids is 2. The number of nitrogens with two attached hydrogens (primary N) is 2. The lowest BCUT2D eigenvalue weighted by Crippen LogP contribution is -2.40. The van der Waals surface area contributed by atoms with E-state index in [4.69, 9.17) is 25.9 Å². The van der Waals surface area contributed by atoms with Crippen LogP contribution < -0.4 is 26.3 Å². The number of aliphatic hydroxyl groups is 1. The summed E-state index contributed by atoms with van der Waals surface area (Å²) in [7, 11) is 0. The fourth-order valence-electron chi connectivity index (χ4n) is 5.22. The van der Waals surface area contributed by atoms with E-state index in [0.29, 0.717) is 22.9 Å². The monoisotopic (exact) mass is 588 g/mol. The highest BCUT2D eigenvalue weighted by atomic mass is 16.5. The number of hydrogen-bond donors (Lipinski definition) is 4. The molecule has 0 unspecified atom stereocenters. The van der Waals surface area contributed by atoms with Crippen LogP contribution in [0.15, 0.2) is 54.9 Å². The van der Waals surface area contributed by atoms with Gasteiger partial charge in [-0.3, -0.25) is 9.59 Å². The Morgan fingerprint density at radius 3 is 2.53 bits per heavy atom. The van der Waals surface area contributed by atoms with E-state index < -0.39 is 11.5 Å². The van der Waals surface area contributed by atoms with Gasteiger partial charge in [-0.05, 0) is 83.1 Å². The van der Waals surface area contributed by atoms with Crippen LogP contribution in [0.3, 0.4) is 0 Å². The molecule has 1 atom stereocenters.